The van der Waals surface area contributed by atoms with Gasteiger partial charge in [-0.05, 0) is 38.0 Å². The molecular weight excluding hydrogens is 268 g/mol. The predicted octanol–water partition coefficient (Wildman–Crippen LogP) is 4.09. The van der Waals surface area contributed by atoms with E-state index in [1.165, 1.54) is 22.9 Å². The Hall–Kier alpha value is -1.74. The lowest BCUT2D eigenvalue weighted by Gasteiger charge is -2.12. The monoisotopic (exact) mass is 286 g/mol. The highest BCUT2D eigenvalue weighted by molar-refractivity contribution is 8.00. The molecule has 0 amide bonds. The summed E-state index contributed by atoms with van der Waals surface area (Å²) in [6, 6.07) is 16.0. The molecule has 3 heteroatoms. The van der Waals surface area contributed by atoms with E-state index in [1.54, 1.807) is 0 Å². The minimum absolute atomic E-state index is 0.458. The molecule has 0 aromatic heterocycles. The molecule has 2 rings (SSSR count). The van der Waals surface area contributed by atoms with Crippen molar-refractivity contribution in [2.24, 2.45) is 0 Å². The van der Waals surface area contributed by atoms with E-state index in [9.17, 15) is 9.90 Å². The average Bonchev–Trinajstić information content (AvgIpc) is 2.42. The fourth-order valence-electron chi connectivity index (χ4n) is 1.90. The van der Waals surface area contributed by atoms with E-state index in [4.69, 9.17) is 0 Å². The third-order valence-corrected chi connectivity index (χ3v) is 4.31. The number of hydrogen-bond donors (Lipinski definition) is 1. The summed E-state index contributed by atoms with van der Waals surface area (Å²) in [5.74, 6) is -0.767. The maximum absolute atomic E-state index is 11.4. The fourth-order valence-corrected chi connectivity index (χ4v) is 2.90. The molecular formula is C17H18O2S. The van der Waals surface area contributed by atoms with Crippen molar-refractivity contribution in [1.82, 2.24) is 0 Å². The van der Waals surface area contributed by atoms with Crippen LogP contribution >= 0.6 is 11.8 Å². The van der Waals surface area contributed by atoms with E-state index >= 15 is 0 Å². The van der Waals surface area contributed by atoms with E-state index in [-0.39, 0.29) is 0 Å². The summed E-state index contributed by atoms with van der Waals surface area (Å²) in [5.41, 5.74) is 3.43. The quantitative estimate of drug-likeness (QED) is 0.841. The number of thioether (sulfide) groups is 1. The van der Waals surface area contributed by atoms with Crippen molar-refractivity contribution in [3.05, 3.63) is 65.2 Å². The van der Waals surface area contributed by atoms with Crippen LogP contribution in [0.25, 0.3) is 0 Å². The second-order valence-electron chi connectivity index (χ2n) is 4.95. The van der Waals surface area contributed by atoms with Crippen LogP contribution in [0.2, 0.25) is 0 Å². The number of hydrogen-bond acceptors (Lipinski definition) is 2. The number of aryl methyl sites for hydroxylation is 2. The molecule has 0 fully saturated rings. The van der Waals surface area contributed by atoms with Crippen molar-refractivity contribution in [2.45, 2.75) is 30.4 Å². The van der Waals surface area contributed by atoms with Crippen LogP contribution in [0.1, 0.15) is 16.7 Å². The number of rotatable bonds is 5. The summed E-state index contributed by atoms with van der Waals surface area (Å²) in [7, 11) is 0. The van der Waals surface area contributed by atoms with Gasteiger partial charge in [-0.3, -0.25) is 4.79 Å². The van der Waals surface area contributed by atoms with Gasteiger partial charge in [0, 0.05) is 4.90 Å². The van der Waals surface area contributed by atoms with Crippen molar-refractivity contribution in [2.75, 3.05) is 0 Å². The highest BCUT2D eigenvalue weighted by atomic mass is 32.2. The molecule has 0 saturated heterocycles. The van der Waals surface area contributed by atoms with Crippen LogP contribution in [0.15, 0.2) is 53.4 Å². The van der Waals surface area contributed by atoms with Crippen molar-refractivity contribution < 1.29 is 9.90 Å². The standard InChI is InChI=1S/C17H18O2S/c1-12-3-7-14(8-4-12)11-16(17(18)19)20-15-9-5-13(2)6-10-15/h3-10,16H,11H2,1-2H3,(H,18,19)/t16-/m1/s1. The van der Waals surface area contributed by atoms with E-state index in [2.05, 4.69) is 0 Å². The Labute approximate surface area is 123 Å². The third kappa shape index (κ3) is 4.14. The molecule has 0 bridgehead atoms. The Kier molecular flexibility index (Phi) is 4.85. The van der Waals surface area contributed by atoms with Gasteiger partial charge in [-0.1, -0.05) is 47.5 Å². The molecule has 0 unspecified atom stereocenters. The second-order valence-corrected chi connectivity index (χ2v) is 6.22. The summed E-state index contributed by atoms with van der Waals surface area (Å²) < 4.78 is 0. The number of aliphatic carboxylic acids is 1. The molecule has 0 radical (unpaired) electrons. The minimum atomic E-state index is -0.767. The third-order valence-electron chi connectivity index (χ3n) is 3.12. The summed E-state index contributed by atoms with van der Waals surface area (Å²) in [4.78, 5) is 12.4. The molecule has 2 aromatic carbocycles. The van der Waals surface area contributed by atoms with Gasteiger partial charge < -0.3 is 5.11 Å². The normalized spacial score (nSPS) is 12.1. The van der Waals surface area contributed by atoms with E-state index in [1.807, 2.05) is 62.4 Å². The SMILES string of the molecule is Cc1ccc(C[C@@H](Sc2ccc(C)cc2)C(=O)O)cc1. The van der Waals surface area contributed by atoms with Crippen LogP contribution < -0.4 is 0 Å². The van der Waals surface area contributed by atoms with Crippen LogP contribution in [-0.2, 0) is 11.2 Å². The Morgan fingerprint density at radius 2 is 1.50 bits per heavy atom. The number of carbonyl (C=O) groups is 1. The first-order valence-electron chi connectivity index (χ1n) is 6.56. The van der Waals surface area contributed by atoms with Crippen molar-refractivity contribution in [3.8, 4) is 0 Å². The summed E-state index contributed by atoms with van der Waals surface area (Å²) in [6.07, 6.45) is 0.536. The van der Waals surface area contributed by atoms with Gasteiger partial charge in [-0.15, -0.1) is 11.8 Å². The van der Waals surface area contributed by atoms with E-state index in [0.717, 1.165) is 10.5 Å². The predicted molar refractivity (Wildman–Crippen MR) is 83.3 cm³/mol. The average molecular weight is 286 g/mol. The first-order valence-corrected chi connectivity index (χ1v) is 7.44. The molecule has 20 heavy (non-hydrogen) atoms. The summed E-state index contributed by atoms with van der Waals surface area (Å²) in [5, 5.41) is 8.93. The molecule has 104 valence electrons. The lowest BCUT2D eigenvalue weighted by atomic mass is 10.1. The first kappa shape index (κ1) is 14.7. The van der Waals surface area contributed by atoms with Gasteiger partial charge in [0.15, 0.2) is 0 Å². The fraction of sp³-hybridized carbons (Fsp3) is 0.235. The van der Waals surface area contributed by atoms with E-state index in [0.29, 0.717) is 6.42 Å². The maximum atomic E-state index is 11.4. The van der Waals surface area contributed by atoms with Gasteiger partial charge in [0.25, 0.3) is 0 Å². The smallest absolute Gasteiger partial charge is 0.317 e. The molecule has 0 aliphatic carbocycles. The summed E-state index contributed by atoms with van der Waals surface area (Å²) in [6.45, 7) is 4.05. The van der Waals surface area contributed by atoms with Gasteiger partial charge in [0.05, 0.1) is 0 Å². The molecule has 1 N–H and O–H groups in total. The largest absolute Gasteiger partial charge is 0.480 e. The zero-order valence-corrected chi connectivity index (χ0v) is 12.5. The highest BCUT2D eigenvalue weighted by Gasteiger charge is 2.19. The topological polar surface area (TPSA) is 37.3 Å². The molecule has 0 aliphatic rings. The van der Waals surface area contributed by atoms with Crippen LogP contribution in [-0.4, -0.2) is 16.3 Å². The van der Waals surface area contributed by atoms with E-state index < -0.39 is 11.2 Å². The van der Waals surface area contributed by atoms with Gasteiger partial charge in [-0.2, -0.15) is 0 Å². The molecule has 2 aromatic rings. The number of carboxylic acid groups (broad SMARTS) is 1. The number of carboxylic acids is 1. The maximum Gasteiger partial charge on any atom is 0.317 e. The van der Waals surface area contributed by atoms with Crippen LogP contribution in [0, 0.1) is 13.8 Å². The van der Waals surface area contributed by atoms with Crippen LogP contribution in [0.4, 0.5) is 0 Å². The van der Waals surface area contributed by atoms with Crippen molar-refractivity contribution in [3.63, 3.8) is 0 Å². The van der Waals surface area contributed by atoms with Gasteiger partial charge >= 0.3 is 5.97 Å². The van der Waals surface area contributed by atoms with Gasteiger partial charge in [-0.25, -0.2) is 0 Å². The van der Waals surface area contributed by atoms with Crippen LogP contribution in [0.3, 0.4) is 0 Å². The van der Waals surface area contributed by atoms with Gasteiger partial charge in [0.2, 0.25) is 0 Å². The Morgan fingerprint density at radius 1 is 1.00 bits per heavy atom. The molecule has 1 atom stereocenters. The molecule has 0 heterocycles. The Morgan fingerprint density at radius 3 is 2.00 bits per heavy atom. The lowest BCUT2D eigenvalue weighted by molar-refractivity contribution is -0.136. The summed E-state index contributed by atoms with van der Waals surface area (Å²) >= 11 is 1.41. The highest BCUT2D eigenvalue weighted by Crippen LogP contribution is 2.26. The zero-order chi connectivity index (χ0) is 14.5. The van der Waals surface area contributed by atoms with Crippen LogP contribution in [0.5, 0.6) is 0 Å². The second kappa shape index (κ2) is 6.62. The molecule has 2 nitrogen and oxygen atoms in total. The molecule has 0 aliphatic heterocycles. The first-order chi connectivity index (χ1) is 9.54. The Balaban J connectivity index is 2.09. The van der Waals surface area contributed by atoms with Crippen molar-refractivity contribution in [1.29, 1.82) is 0 Å². The lowest BCUT2D eigenvalue weighted by Crippen LogP contribution is -2.19. The molecule has 0 spiro atoms. The number of benzene rings is 2. The van der Waals surface area contributed by atoms with Gasteiger partial charge in [0.1, 0.15) is 5.25 Å². The zero-order valence-electron chi connectivity index (χ0n) is 11.7. The van der Waals surface area contributed by atoms with Crippen molar-refractivity contribution >= 4 is 17.7 Å². The minimum Gasteiger partial charge on any atom is -0.480 e. The Bertz CT molecular complexity index is 525. The molecule has 0 saturated carbocycles.